The molecule has 0 atom stereocenters. The second-order valence-corrected chi connectivity index (χ2v) is 5.65. The summed E-state index contributed by atoms with van der Waals surface area (Å²) in [6.07, 6.45) is 0. The highest BCUT2D eigenvalue weighted by molar-refractivity contribution is 6.04. The minimum Gasteiger partial charge on any atom is -0.507 e. The van der Waals surface area contributed by atoms with Gasteiger partial charge in [0.2, 0.25) is 5.89 Å². The largest absolute Gasteiger partial charge is 0.507 e. The number of hydrogen-bond donors (Lipinski definition) is 2. The van der Waals surface area contributed by atoms with E-state index in [2.05, 4.69) is 10.3 Å². The molecule has 5 nitrogen and oxygen atoms in total. The van der Waals surface area contributed by atoms with E-state index >= 15 is 0 Å². The van der Waals surface area contributed by atoms with E-state index < -0.39 is 11.7 Å². The van der Waals surface area contributed by atoms with Crippen LogP contribution in [0.1, 0.15) is 10.4 Å². The lowest BCUT2D eigenvalue weighted by Crippen LogP contribution is -2.13. The molecule has 0 fully saturated rings. The standard InChI is InChI=1S/C20H13FN2O3/c21-15-6-2-1-5-13(15)19(25)22-12-9-10-17(24)14(11-12)20-23-16-7-3-4-8-18(16)26-20/h1-11,24H,(H,22,25). The van der Waals surface area contributed by atoms with Crippen molar-refractivity contribution in [2.45, 2.75) is 0 Å². The molecule has 1 amide bonds. The molecule has 6 heteroatoms. The van der Waals surface area contributed by atoms with E-state index in [1.165, 1.54) is 36.4 Å². The fraction of sp³-hybridized carbons (Fsp3) is 0. The molecule has 0 saturated carbocycles. The van der Waals surface area contributed by atoms with Crippen LogP contribution in [0.15, 0.2) is 71.1 Å². The molecule has 0 unspecified atom stereocenters. The molecule has 0 aliphatic rings. The van der Waals surface area contributed by atoms with Gasteiger partial charge in [0.05, 0.1) is 11.1 Å². The van der Waals surface area contributed by atoms with Crippen LogP contribution in [0.25, 0.3) is 22.6 Å². The third kappa shape index (κ3) is 2.88. The van der Waals surface area contributed by atoms with Crippen LogP contribution < -0.4 is 5.32 Å². The number of aromatic nitrogens is 1. The topological polar surface area (TPSA) is 75.4 Å². The molecule has 1 heterocycles. The molecule has 0 radical (unpaired) electrons. The summed E-state index contributed by atoms with van der Waals surface area (Å²) in [7, 11) is 0. The van der Waals surface area contributed by atoms with Gasteiger partial charge in [-0.15, -0.1) is 0 Å². The quantitative estimate of drug-likeness (QED) is 0.531. The number of hydrogen-bond acceptors (Lipinski definition) is 4. The Morgan fingerprint density at radius 1 is 1.04 bits per heavy atom. The number of nitrogens with zero attached hydrogens (tertiary/aromatic N) is 1. The fourth-order valence-corrected chi connectivity index (χ4v) is 2.62. The monoisotopic (exact) mass is 348 g/mol. The highest BCUT2D eigenvalue weighted by Crippen LogP contribution is 2.33. The minimum absolute atomic E-state index is 0.0413. The van der Waals surface area contributed by atoms with Crippen LogP contribution in [0.2, 0.25) is 0 Å². The summed E-state index contributed by atoms with van der Waals surface area (Å²) < 4.78 is 19.4. The number of carbonyl (C=O) groups is 1. The van der Waals surface area contributed by atoms with Crippen molar-refractivity contribution in [2.24, 2.45) is 0 Å². The van der Waals surface area contributed by atoms with Crippen molar-refractivity contribution in [2.75, 3.05) is 5.32 Å². The first-order valence-electron chi connectivity index (χ1n) is 7.86. The van der Waals surface area contributed by atoms with E-state index in [9.17, 15) is 14.3 Å². The van der Waals surface area contributed by atoms with Crippen molar-refractivity contribution in [3.8, 4) is 17.2 Å². The number of carbonyl (C=O) groups excluding carboxylic acids is 1. The van der Waals surface area contributed by atoms with Crippen LogP contribution in [-0.4, -0.2) is 16.0 Å². The molecule has 0 saturated heterocycles. The Morgan fingerprint density at radius 3 is 2.62 bits per heavy atom. The number of nitrogens with one attached hydrogen (secondary N) is 1. The van der Waals surface area contributed by atoms with Gasteiger partial charge < -0.3 is 14.8 Å². The van der Waals surface area contributed by atoms with E-state index in [0.29, 0.717) is 22.4 Å². The molecule has 0 bridgehead atoms. The number of benzene rings is 3. The van der Waals surface area contributed by atoms with Gasteiger partial charge in [-0.2, -0.15) is 0 Å². The zero-order valence-electron chi connectivity index (χ0n) is 13.4. The average Bonchev–Trinajstić information content (AvgIpc) is 3.07. The van der Waals surface area contributed by atoms with Gasteiger partial charge in [0, 0.05) is 5.69 Å². The van der Waals surface area contributed by atoms with E-state index in [1.807, 2.05) is 12.1 Å². The SMILES string of the molecule is O=C(Nc1ccc(O)c(-c2nc3ccccc3o2)c1)c1ccccc1F. The third-order valence-corrected chi connectivity index (χ3v) is 3.90. The zero-order valence-corrected chi connectivity index (χ0v) is 13.4. The first-order valence-corrected chi connectivity index (χ1v) is 7.86. The van der Waals surface area contributed by atoms with E-state index in [-0.39, 0.29) is 17.2 Å². The lowest BCUT2D eigenvalue weighted by atomic mass is 10.1. The van der Waals surface area contributed by atoms with Crippen LogP contribution in [0.4, 0.5) is 10.1 Å². The van der Waals surface area contributed by atoms with Crippen LogP contribution in [0, 0.1) is 5.82 Å². The number of phenolic OH excluding ortho intramolecular Hbond substituents is 1. The Kier molecular flexibility index (Phi) is 3.85. The van der Waals surface area contributed by atoms with Crippen molar-refractivity contribution < 1.29 is 18.7 Å². The number of para-hydroxylation sites is 2. The second kappa shape index (κ2) is 6.33. The molecule has 128 valence electrons. The van der Waals surface area contributed by atoms with Crippen molar-refractivity contribution >= 4 is 22.7 Å². The van der Waals surface area contributed by atoms with Crippen molar-refractivity contribution in [3.05, 3.63) is 78.1 Å². The van der Waals surface area contributed by atoms with Gasteiger partial charge in [-0.25, -0.2) is 9.37 Å². The summed E-state index contributed by atoms with van der Waals surface area (Å²) in [5.41, 5.74) is 1.88. The van der Waals surface area contributed by atoms with Gasteiger partial charge in [0.1, 0.15) is 17.1 Å². The lowest BCUT2D eigenvalue weighted by molar-refractivity contribution is 0.102. The summed E-state index contributed by atoms with van der Waals surface area (Å²) in [6, 6.07) is 17.4. The second-order valence-electron chi connectivity index (χ2n) is 5.65. The molecule has 0 aliphatic carbocycles. The molecule has 2 N–H and O–H groups in total. The maximum absolute atomic E-state index is 13.7. The number of rotatable bonds is 3. The van der Waals surface area contributed by atoms with Gasteiger partial charge >= 0.3 is 0 Å². The smallest absolute Gasteiger partial charge is 0.258 e. The van der Waals surface area contributed by atoms with Crippen LogP contribution in [0.5, 0.6) is 5.75 Å². The van der Waals surface area contributed by atoms with Crippen LogP contribution >= 0.6 is 0 Å². The summed E-state index contributed by atoms with van der Waals surface area (Å²) in [6.45, 7) is 0. The highest BCUT2D eigenvalue weighted by Gasteiger charge is 2.15. The molecule has 1 aromatic heterocycles. The van der Waals surface area contributed by atoms with E-state index in [1.54, 1.807) is 18.2 Å². The van der Waals surface area contributed by atoms with Crippen molar-refractivity contribution in [3.63, 3.8) is 0 Å². The Labute approximate surface area is 147 Å². The van der Waals surface area contributed by atoms with E-state index in [4.69, 9.17) is 4.42 Å². The average molecular weight is 348 g/mol. The van der Waals surface area contributed by atoms with Crippen LogP contribution in [0.3, 0.4) is 0 Å². The number of phenols is 1. The van der Waals surface area contributed by atoms with Crippen molar-refractivity contribution in [1.29, 1.82) is 0 Å². The number of halogens is 1. The normalized spacial score (nSPS) is 10.8. The summed E-state index contributed by atoms with van der Waals surface area (Å²) in [4.78, 5) is 16.6. The van der Waals surface area contributed by atoms with Crippen LogP contribution in [-0.2, 0) is 0 Å². The predicted octanol–water partition coefficient (Wildman–Crippen LogP) is 4.59. The molecule has 26 heavy (non-hydrogen) atoms. The number of amides is 1. The van der Waals surface area contributed by atoms with Gasteiger partial charge in [-0.3, -0.25) is 4.79 Å². The zero-order chi connectivity index (χ0) is 18.1. The minimum atomic E-state index is -0.608. The Balaban J connectivity index is 1.68. The Morgan fingerprint density at radius 2 is 1.81 bits per heavy atom. The van der Waals surface area contributed by atoms with Crippen molar-refractivity contribution in [1.82, 2.24) is 4.98 Å². The number of oxazole rings is 1. The molecular weight excluding hydrogens is 335 g/mol. The lowest BCUT2D eigenvalue weighted by Gasteiger charge is -2.08. The number of aromatic hydroxyl groups is 1. The number of anilines is 1. The Hall–Kier alpha value is -3.67. The van der Waals surface area contributed by atoms with Gasteiger partial charge in [-0.05, 0) is 42.5 Å². The highest BCUT2D eigenvalue weighted by atomic mass is 19.1. The summed E-state index contributed by atoms with van der Waals surface area (Å²) in [5.74, 6) is -1.01. The molecular formula is C20H13FN2O3. The first-order chi connectivity index (χ1) is 12.6. The maximum Gasteiger partial charge on any atom is 0.258 e. The van der Waals surface area contributed by atoms with Gasteiger partial charge in [-0.1, -0.05) is 24.3 Å². The third-order valence-electron chi connectivity index (χ3n) is 3.90. The predicted molar refractivity (Wildman–Crippen MR) is 95.5 cm³/mol. The maximum atomic E-state index is 13.7. The van der Waals surface area contributed by atoms with E-state index in [0.717, 1.165) is 0 Å². The molecule has 0 aliphatic heterocycles. The molecule has 3 aromatic carbocycles. The van der Waals surface area contributed by atoms with Gasteiger partial charge in [0.15, 0.2) is 5.58 Å². The molecule has 0 spiro atoms. The Bertz CT molecular complexity index is 1090. The molecule has 4 aromatic rings. The van der Waals surface area contributed by atoms with Gasteiger partial charge in [0.25, 0.3) is 5.91 Å². The summed E-state index contributed by atoms with van der Waals surface area (Å²) in [5, 5.41) is 12.7. The molecule has 4 rings (SSSR count). The first kappa shape index (κ1) is 15.8. The number of fused-ring (bicyclic) bond motifs is 1. The summed E-state index contributed by atoms with van der Waals surface area (Å²) >= 11 is 0. The fourth-order valence-electron chi connectivity index (χ4n) is 2.62.